The van der Waals surface area contributed by atoms with Gasteiger partial charge in [0.15, 0.2) is 0 Å². The highest BCUT2D eigenvalue weighted by Gasteiger charge is 2.21. The average molecular weight is 279 g/mol. The van der Waals surface area contributed by atoms with E-state index in [1.807, 2.05) is 27.9 Å². The van der Waals surface area contributed by atoms with Crippen LogP contribution in [0.3, 0.4) is 0 Å². The van der Waals surface area contributed by atoms with E-state index in [0.717, 1.165) is 36.6 Å². The third-order valence-corrected chi connectivity index (χ3v) is 4.05. The van der Waals surface area contributed by atoms with Crippen molar-refractivity contribution in [3.63, 3.8) is 0 Å². The number of carbonyl (C=O) groups is 1. The number of rotatable bonds is 4. The number of anilines is 1. The quantitative estimate of drug-likeness (QED) is 0.850. The lowest BCUT2D eigenvalue weighted by atomic mass is 10.1. The molecule has 112 valence electrons. The van der Waals surface area contributed by atoms with E-state index < -0.39 is 0 Å². The minimum Gasteiger partial charge on any atom is -0.322 e. The minimum absolute atomic E-state index is 0.0425. The summed E-state index contributed by atoms with van der Waals surface area (Å²) in [6.07, 6.45) is 2.33. The Labute approximate surface area is 120 Å². The largest absolute Gasteiger partial charge is 0.322 e. The molecule has 20 heavy (non-hydrogen) atoms. The van der Waals surface area contributed by atoms with E-state index in [0.29, 0.717) is 12.6 Å². The van der Waals surface area contributed by atoms with Gasteiger partial charge >= 0.3 is 0 Å². The molecule has 1 fully saturated rings. The topological polar surface area (TPSA) is 62.2 Å². The molecular weight excluding hydrogens is 254 g/mol. The lowest BCUT2D eigenvalue weighted by Gasteiger charge is -2.31. The van der Waals surface area contributed by atoms with Crippen molar-refractivity contribution in [2.24, 2.45) is 7.05 Å². The average Bonchev–Trinajstić information content (AvgIpc) is 2.65. The number of aryl methyl sites for hydroxylation is 2. The molecule has 0 spiro atoms. The number of hydrogen-bond acceptors (Lipinski definition) is 4. The Balaban J connectivity index is 1.92. The van der Waals surface area contributed by atoms with Crippen LogP contribution in [0.5, 0.6) is 0 Å². The molecule has 2 N–H and O–H groups in total. The Morgan fingerprint density at radius 2 is 2.20 bits per heavy atom. The minimum atomic E-state index is 0.0425. The summed E-state index contributed by atoms with van der Waals surface area (Å²) in [6, 6.07) is 0.499. The Morgan fingerprint density at radius 3 is 2.80 bits per heavy atom. The monoisotopic (exact) mass is 279 g/mol. The van der Waals surface area contributed by atoms with Crippen molar-refractivity contribution < 1.29 is 4.79 Å². The van der Waals surface area contributed by atoms with E-state index in [-0.39, 0.29) is 5.91 Å². The van der Waals surface area contributed by atoms with E-state index in [1.54, 1.807) is 4.68 Å². The third kappa shape index (κ3) is 3.37. The predicted molar refractivity (Wildman–Crippen MR) is 79.8 cm³/mol. The van der Waals surface area contributed by atoms with Gasteiger partial charge in [0.1, 0.15) is 0 Å². The van der Waals surface area contributed by atoms with Gasteiger partial charge in [-0.1, -0.05) is 0 Å². The molecule has 0 bridgehead atoms. The smallest absolute Gasteiger partial charge is 0.238 e. The first-order chi connectivity index (χ1) is 9.51. The Kier molecular flexibility index (Phi) is 4.77. The van der Waals surface area contributed by atoms with Crippen molar-refractivity contribution in [1.29, 1.82) is 0 Å². The summed E-state index contributed by atoms with van der Waals surface area (Å²) in [5, 5.41) is 10.6. The zero-order valence-electron chi connectivity index (χ0n) is 12.9. The van der Waals surface area contributed by atoms with Crippen LogP contribution >= 0.6 is 0 Å². The van der Waals surface area contributed by atoms with Crippen LogP contribution in [0.1, 0.15) is 24.2 Å². The van der Waals surface area contributed by atoms with E-state index in [1.165, 1.54) is 6.42 Å². The summed E-state index contributed by atoms with van der Waals surface area (Å²) in [6.45, 7) is 6.27. The van der Waals surface area contributed by atoms with Crippen molar-refractivity contribution in [3.05, 3.63) is 11.4 Å². The van der Waals surface area contributed by atoms with Gasteiger partial charge in [0.2, 0.25) is 5.91 Å². The van der Waals surface area contributed by atoms with Gasteiger partial charge in [0.05, 0.1) is 23.6 Å². The van der Waals surface area contributed by atoms with Crippen LogP contribution < -0.4 is 10.6 Å². The maximum Gasteiger partial charge on any atom is 0.238 e. The number of hydrogen-bond donors (Lipinski definition) is 2. The summed E-state index contributed by atoms with van der Waals surface area (Å²) in [7, 11) is 3.87. The summed E-state index contributed by atoms with van der Waals surface area (Å²) in [4.78, 5) is 14.4. The molecule has 6 heteroatoms. The van der Waals surface area contributed by atoms with Crippen LogP contribution in [0.4, 0.5) is 5.69 Å². The van der Waals surface area contributed by atoms with Gasteiger partial charge < -0.3 is 10.6 Å². The Bertz CT molecular complexity index is 482. The van der Waals surface area contributed by atoms with Crippen LogP contribution in [0, 0.1) is 13.8 Å². The number of aromatic nitrogens is 2. The van der Waals surface area contributed by atoms with Gasteiger partial charge in [0, 0.05) is 19.6 Å². The summed E-state index contributed by atoms with van der Waals surface area (Å²) in [5.41, 5.74) is 2.70. The number of nitrogens with one attached hydrogen (secondary N) is 2. The molecule has 0 saturated carbocycles. The van der Waals surface area contributed by atoms with Crippen molar-refractivity contribution in [2.75, 3.05) is 32.0 Å². The van der Waals surface area contributed by atoms with Gasteiger partial charge in [-0.05, 0) is 40.3 Å². The van der Waals surface area contributed by atoms with E-state index >= 15 is 0 Å². The number of likely N-dealkylation sites (tertiary alicyclic amines) is 1. The summed E-state index contributed by atoms with van der Waals surface area (Å²) in [5.74, 6) is 0.0425. The fraction of sp³-hybridized carbons (Fsp3) is 0.714. The molecule has 1 aliphatic rings. The van der Waals surface area contributed by atoms with Crippen LogP contribution in [-0.4, -0.2) is 53.3 Å². The molecule has 6 nitrogen and oxygen atoms in total. The highest BCUT2D eigenvalue weighted by molar-refractivity contribution is 5.93. The lowest BCUT2D eigenvalue weighted by Crippen LogP contribution is -2.46. The molecule has 1 unspecified atom stereocenters. The molecule has 1 aromatic heterocycles. The molecule has 1 aromatic rings. The van der Waals surface area contributed by atoms with E-state index in [4.69, 9.17) is 0 Å². The van der Waals surface area contributed by atoms with Crippen LogP contribution in [0.25, 0.3) is 0 Å². The van der Waals surface area contributed by atoms with Gasteiger partial charge in [-0.25, -0.2) is 0 Å². The second-order valence-electron chi connectivity index (χ2n) is 5.58. The zero-order chi connectivity index (χ0) is 14.7. The normalized spacial score (nSPS) is 20.1. The summed E-state index contributed by atoms with van der Waals surface area (Å²) < 4.78 is 1.79. The molecular formula is C14H25N5O. The highest BCUT2D eigenvalue weighted by Crippen LogP contribution is 2.18. The van der Waals surface area contributed by atoms with Crippen LogP contribution in [-0.2, 0) is 11.8 Å². The molecule has 1 aliphatic heterocycles. The van der Waals surface area contributed by atoms with Gasteiger partial charge in [-0.2, -0.15) is 5.10 Å². The molecule has 0 radical (unpaired) electrons. The molecule has 1 saturated heterocycles. The summed E-state index contributed by atoms with van der Waals surface area (Å²) >= 11 is 0. The van der Waals surface area contributed by atoms with E-state index in [2.05, 4.69) is 20.6 Å². The van der Waals surface area contributed by atoms with E-state index in [9.17, 15) is 4.79 Å². The zero-order valence-corrected chi connectivity index (χ0v) is 12.9. The number of piperidine rings is 1. The molecule has 1 atom stereocenters. The molecule has 2 rings (SSSR count). The maximum atomic E-state index is 12.2. The highest BCUT2D eigenvalue weighted by atomic mass is 16.2. The Morgan fingerprint density at radius 1 is 1.45 bits per heavy atom. The maximum absolute atomic E-state index is 12.2. The second kappa shape index (κ2) is 6.37. The van der Waals surface area contributed by atoms with Crippen molar-refractivity contribution >= 4 is 11.6 Å². The molecule has 1 amide bonds. The standard InChI is InChI=1S/C14H25N5O/c1-10-14(11(2)18(4)17-10)16-13(20)9-19-7-5-6-12(8-19)15-3/h12,15H,5-9H2,1-4H3,(H,16,20). The van der Waals surface area contributed by atoms with Gasteiger partial charge in [-0.15, -0.1) is 0 Å². The first-order valence-electron chi connectivity index (χ1n) is 7.21. The first kappa shape index (κ1) is 15.0. The van der Waals surface area contributed by atoms with Crippen molar-refractivity contribution in [2.45, 2.75) is 32.7 Å². The fourth-order valence-corrected chi connectivity index (χ4v) is 2.77. The van der Waals surface area contributed by atoms with Gasteiger partial charge in [0.25, 0.3) is 0 Å². The third-order valence-electron chi connectivity index (χ3n) is 4.05. The van der Waals surface area contributed by atoms with Crippen LogP contribution in [0.2, 0.25) is 0 Å². The Hall–Kier alpha value is -1.40. The number of carbonyl (C=O) groups excluding carboxylic acids is 1. The molecule has 0 aliphatic carbocycles. The van der Waals surface area contributed by atoms with Crippen molar-refractivity contribution in [3.8, 4) is 0 Å². The molecule has 0 aromatic carbocycles. The fourth-order valence-electron chi connectivity index (χ4n) is 2.77. The number of amides is 1. The van der Waals surface area contributed by atoms with Crippen molar-refractivity contribution in [1.82, 2.24) is 20.0 Å². The SMILES string of the molecule is CNC1CCCN(CC(=O)Nc2c(C)nn(C)c2C)C1. The number of likely N-dealkylation sites (N-methyl/N-ethyl adjacent to an activating group) is 1. The molecule has 2 heterocycles. The predicted octanol–water partition coefficient (Wildman–Crippen LogP) is 0.659. The van der Waals surface area contributed by atoms with Crippen LogP contribution in [0.15, 0.2) is 0 Å². The number of nitrogens with zero attached hydrogens (tertiary/aromatic N) is 3. The lowest BCUT2D eigenvalue weighted by molar-refractivity contribution is -0.117. The first-order valence-corrected chi connectivity index (χ1v) is 7.21. The second-order valence-corrected chi connectivity index (χ2v) is 5.58. The van der Waals surface area contributed by atoms with Gasteiger partial charge in [-0.3, -0.25) is 14.4 Å².